The molecule has 1 aromatic rings. The summed E-state index contributed by atoms with van der Waals surface area (Å²) in [5.74, 6) is -0.206. The summed E-state index contributed by atoms with van der Waals surface area (Å²) in [6, 6.07) is 1.32. The number of pyridine rings is 1. The topological polar surface area (TPSA) is 65.7 Å². The predicted molar refractivity (Wildman–Crippen MR) is 75.2 cm³/mol. The van der Waals surface area contributed by atoms with Crippen molar-refractivity contribution in [3.63, 3.8) is 0 Å². The van der Waals surface area contributed by atoms with Gasteiger partial charge in [0.25, 0.3) is 0 Å². The Morgan fingerprint density at radius 1 is 1.32 bits per heavy atom. The summed E-state index contributed by atoms with van der Waals surface area (Å²) in [6.45, 7) is 3.11. The fourth-order valence-corrected chi connectivity index (χ4v) is 2.13. The van der Waals surface area contributed by atoms with Gasteiger partial charge in [-0.05, 0) is 20.5 Å². The third kappa shape index (κ3) is 4.08. The van der Waals surface area contributed by atoms with Crippen molar-refractivity contribution in [1.29, 1.82) is 0 Å². The van der Waals surface area contributed by atoms with E-state index in [9.17, 15) is 15.0 Å². The third-order valence-corrected chi connectivity index (χ3v) is 3.09. The van der Waals surface area contributed by atoms with E-state index in [1.807, 2.05) is 23.6 Å². The molecule has 5 heteroatoms. The third-order valence-electron chi connectivity index (χ3n) is 3.09. The number of aliphatic hydroxyl groups is 1. The van der Waals surface area contributed by atoms with Crippen LogP contribution in [0.15, 0.2) is 10.9 Å². The van der Waals surface area contributed by atoms with Crippen LogP contribution in [0.3, 0.4) is 0 Å². The van der Waals surface area contributed by atoms with E-state index in [2.05, 4.69) is 6.92 Å². The summed E-state index contributed by atoms with van der Waals surface area (Å²) >= 11 is 0. The van der Waals surface area contributed by atoms with Gasteiger partial charge in [0.15, 0.2) is 5.75 Å². The fourth-order valence-electron chi connectivity index (χ4n) is 2.13. The van der Waals surface area contributed by atoms with Crippen LogP contribution in [-0.2, 0) is 19.7 Å². The molecule has 0 bridgehead atoms. The monoisotopic (exact) mass is 268 g/mol. The van der Waals surface area contributed by atoms with Crippen LogP contribution < -0.4 is 5.43 Å². The maximum Gasteiger partial charge on any atom is 0.223 e. The number of unbranched alkanes of at least 4 members (excludes halogenated alkanes) is 2. The Labute approximate surface area is 114 Å². The molecule has 0 saturated carbocycles. The van der Waals surface area contributed by atoms with Gasteiger partial charge in [0, 0.05) is 24.8 Å². The van der Waals surface area contributed by atoms with Crippen molar-refractivity contribution in [3.05, 3.63) is 27.7 Å². The lowest BCUT2D eigenvalue weighted by atomic mass is 10.2. The van der Waals surface area contributed by atoms with E-state index in [1.54, 1.807) is 0 Å². The van der Waals surface area contributed by atoms with Crippen molar-refractivity contribution in [2.45, 2.75) is 45.9 Å². The molecule has 108 valence electrons. The maximum absolute atomic E-state index is 11.7. The first-order valence-electron chi connectivity index (χ1n) is 6.71. The number of rotatable bonds is 7. The minimum Gasteiger partial charge on any atom is -0.503 e. The molecule has 0 spiro atoms. The number of hydrogen-bond acceptors (Lipinski definition) is 4. The number of aliphatic hydroxyl groups excluding tert-OH is 1. The Morgan fingerprint density at radius 3 is 2.53 bits per heavy atom. The highest BCUT2D eigenvalue weighted by Gasteiger charge is 2.15. The molecule has 0 saturated heterocycles. The van der Waals surface area contributed by atoms with Gasteiger partial charge < -0.3 is 19.7 Å². The van der Waals surface area contributed by atoms with E-state index in [-0.39, 0.29) is 12.4 Å². The first kappa shape index (κ1) is 15.7. The quantitative estimate of drug-likeness (QED) is 0.732. The number of nitrogens with zero attached hydrogens (tertiary/aromatic N) is 2. The molecule has 1 rings (SSSR count). The van der Waals surface area contributed by atoms with Gasteiger partial charge in [-0.15, -0.1) is 0 Å². The van der Waals surface area contributed by atoms with Crippen LogP contribution >= 0.6 is 0 Å². The van der Waals surface area contributed by atoms with Gasteiger partial charge in [0.1, 0.15) is 0 Å². The molecule has 0 aliphatic carbocycles. The maximum atomic E-state index is 11.7. The van der Waals surface area contributed by atoms with Crippen molar-refractivity contribution in [2.75, 3.05) is 14.1 Å². The van der Waals surface area contributed by atoms with Crippen molar-refractivity contribution in [2.24, 2.45) is 0 Å². The molecule has 0 fully saturated rings. The van der Waals surface area contributed by atoms with E-state index >= 15 is 0 Å². The molecule has 1 heterocycles. The normalized spacial score (nSPS) is 11.2. The van der Waals surface area contributed by atoms with Crippen LogP contribution in [0.4, 0.5) is 0 Å². The van der Waals surface area contributed by atoms with E-state index in [0.29, 0.717) is 24.5 Å². The number of aromatic hydroxyl groups is 1. The lowest BCUT2D eigenvalue weighted by Gasteiger charge is -2.21. The lowest BCUT2D eigenvalue weighted by Crippen LogP contribution is -2.23. The predicted octanol–water partition coefficient (Wildman–Crippen LogP) is 1.30. The van der Waals surface area contributed by atoms with Crippen LogP contribution in [0.5, 0.6) is 5.75 Å². The smallest absolute Gasteiger partial charge is 0.223 e. The molecule has 19 heavy (non-hydrogen) atoms. The number of aromatic nitrogens is 1. The fraction of sp³-hybridized carbons (Fsp3) is 0.643. The second kappa shape index (κ2) is 7.31. The van der Waals surface area contributed by atoms with Gasteiger partial charge in [-0.25, -0.2) is 0 Å². The standard InChI is InChI=1S/C14H24N2O3/c1-4-5-6-7-16-11(10-17)8-13(18)14(19)12(16)9-15(2)3/h8,17,19H,4-7,9-10H2,1-3H3. The highest BCUT2D eigenvalue weighted by atomic mass is 16.3. The van der Waals surface area contributed by atoms with Gasteiger partial charge in [0.2, 0.25) is 5.43 Å². The minimum absolute atomic E-state index is 0.192. The molecule has 0 aliphatic heterocycles. The second-order valence-corrected chi connectivity index (χ2v) is 5.05. The first-order chi connectivity index (χ1) is 9.01. The molecule has 0 radical (unpaired) electrons. The lowest BCUT2D eigenvalue weighted by molar-refractivity contribution is 0.263. The van der Waals surface area contributed by atoms with E-state index < -0.39 is 5.43 Å². The SMILES string of the molecule is CCCCCn1c(CO)cc(=O)c(O)c1CN(C)C. The van der Waals surface area contributed by atoms with Gasteiger partial charge in [0.05, 0.1) is 12.3 Å². The minimum atomic E-state index is -0.423. The zero-order chi connectivity index (χ0) is 14.4. The van der Waals surface area contributed by atoms with Crippen LogP contribution in [0.2, 0.25) is 0 Å². The van der Waals surface area contributed by atoms with Crippen molar-refractivity contribution in [3.8, 4) is 5.75 Å². The van der Waals surface area contributed by atoms with Crippen molar-refractivity contribution < 1.29 is 10.2 Å². The zero-order valence-corrected chi connectivity index (χ0v) is 12.0. The molecule has 0 aromatic carbocycles. The molecule has 5 nitrogen and oxygen atoms in total. The van der Waals surface area contributed by atoms with Crippen LogP contribution in [0.25, 0.3) is 0 Å². The van der Waals surface area contributed by atoms with Crippen LogP contribution in [0.1, 0.15) is 37.6 Å². The molecular formula is C14H24N2O3. The van der Waals surface area contributed by atoms with E-state index in [1.165, 1.54) is 6.07 Å². The Bertz CT molecular complexity index is 466. The van der Waals surface area contributed by atoms with E-state index in [0.717, 1.165) is 19.3 Å². The Morgan fingerprint density at radius 2 is 2.00 bits per heavy atom. The largest absolute Gasteiger partial charge is 0.503 e. The highest BCUT2D eigenvalue weighted by molar-refractivity contribution is 5.30. The Kier molecular flexibility index (Phi) is 6.05. The molecule has 2 N–H and O–H groups in total. The van der Waals surface area contributed by atoms with Gasteiger partial charge in [-0.2, -0.15) is 0 Å². The summed E-state index contributed by atoms with van der Waals surface area (Å²) < 4.78 is 1.87. The molecule has 0 aliphatic rings. The summed E-state index contributed by atoms with van der Waals surface area (Å²) in [5.41, 5.74) is 0.723. The van der Waals surface area contributed by atoms with Gasteiger partial charge in [-0.3, -0.25) is 4.79 Å². The molecule has 0 unspecified atom stereocenters. The Balaban J connectivity index is 3.20. The molecule has 0 amide bonds. The average molecular weight is 268 g/mol. The molecule has 1 aromatic heterocycles. The average Bonchev–Trinajstić information content (AvgIpc) is 2.37. The van der Waals surface area contributed by atoms with E-state index in [4.69, 9.17) is 0 Å². The Hall–Kier alpha value is -1.33. The van der Waals surface area contributed by atoms with Crippen LogP contribution in [0, 0.1) is 0 Å². The number of hydrogen-bond donors (Lipinski definition) is 2. The van der Waals surface area contributed by atoms with Crippen LogP contribution in [-0.4, -0.2) is 33.8 Å². The molecular weight excluding hydrogens is 244 g/mol. The van der Waals surface area contributed by atoms with Crippen molar-refractivity contribution in [1.82, 2.24) is 9.47 Å². The zero-order valence-electron chi connectivity index (χ0n) is 12.0. The molecule has 0 atom stereocenters. The first-order valence-corrected chi connectivity index (χ1v) is 6.71. The highest BCUT2D eigenvalue weighted by Crippen LogP contribution is 2.17. The summed E-state index contributed by atoms with van der Waals surface area (Å²) in [5, 5.41) is 19.4. The summed E-state index contributed by atoms with van der Waals surface area (Å²) in [4.78, 5) is 13.6. The van der Waals surface area contributed by atoms with Crippen molar-refractivity contribution >= 4 is 0 Å². The van der Waals surface area contributed by atoms with Gasteiger partial charge >= 0.3 is 0 Å². The summed E-state index contributed by atoms with van der Waals surface area (Å²) in [7, 11) is 3.76. The summed E-state index contributed by atoms with van der Waals surface area (Å²) in [6.07, 6.45) is 3.15. The second-order valence-electron chi connectivity index (χ2n) is 5.05. The van der Waals surface area contributed by atoms with Gasteiger partial charge in [-0.1, -0.05) is 19.8 Å².